The van der Waals surface area contributed by atoms with Gasteiger partial charge < -0.3 is 5.32 Å². The zero-order valence-corrected chi connectivity index (χ0v) is 10.7. The lowest BCUT2D eigenvalue weighted by molar-refractivity contribution is 0.274. The zero-order chi connectivity index (χ0) is 10.2. The van der Waals surface area contributed by atoms with Crippen LogP contribution in [0.4, 0.5) is 0 Å². The Bertz CT molecular complexity index is 400. The fourth-order valence-electron chi connectivity index (χ4n) is 1.28. The van der Waals surface area contributed by atoms with Crippen LogP contribution < -0.4 is 5.32 Å². The van der Waals surface area contributed by atoms with Crippen molar-refractivity contribution in [3.05, 3.63) is 17.5 Å². The van der Waals surface area contributed by atoms with Gasteiger partial charge in [-0.15, -0.1) is 23.7 Å². The first-order chi connectivity index (χ1) is 6.62. The van der Waals surface area contributed by atoms with Crippen LogP contribution in [0.2, 0.25) is 0 Å². The van der Waals surface area contributed by atoms with Crippen LogP contribution in [-0.4, -0.2) is 38.9 Å². The van der Waals surface area contributed by atoms with Crippen LogP contribution in [0.1, 0.15) is 0 Å². The van der Waals surface area contributed by atoms with Gasteiger partial charge in [0.1, 0.15) is 4.21 Å². The second-order valence-corrected chi connectivity index (χ2v) is 6.44. The Morgan fingerprint density at radius 1 is 1.53 bits per heavy atom. The second kappa shape index (κ2) is 4.80. The average Bonchev–Trinajstić information content (AvgIpc) is 2.52. The molecule has 15 heavy (non-hydrogen) atoms. The van der Waals surface area contributed by atoms with Crippen molar-refractivity contribution in [1.29, 1.82) is 0 Å². The molecule has 0 bridgehead atoms. The third kappa shape index (κ3) is 2.34. The highest BCUT2D eigenvalue weighted by Gasteiger charge is 2.31. The fraction of sp³-hybridized carbons (Fsp3) is 0.500. The average molecular weight is 269 g/mol. The van der Waals surface area contributed by atoms with Crippen LogP contribution in [0.25, 0.3) is 0 Å². The lowest BCUT2D eigenvalue weighted by atomic mass is 10.2. The molecule has 1 fully saturated rings. The predicted molar refractivity (Wildman–Crippen MR) is 63.2 cm³/mol. The Hall–Kier alpha value is -0.140. The summed E-state index contributed by atoms with van der Waals surface area (Å²) in [5.74, 6) is 0. The maximum Gasteiger partial charge on any atom is 0.252 e. The van der Waals surface area contributed by atoms with Crippen molar-refractivity contribution in [2.24, 2.45) is 0 Å². The van der Waals surface area contributed by atoms with E-state index in [1.54, 1.807) is 24.6 Å². The van der Waals surface area contributed by atoms with E-state index in [9.17, 15) is 8.42 Å². The maximum absolute atomic E-state index is 11.9. The lowest BCUT2D eigenvalue weighted by Crippen LogP contribution is -2.57. The molecule has 0 aliphatic carbocycles. The van der Waals surface area contributed by atoms with Gasteiger partial charge in [-0.1, -0.05) is 6.07 Å². The first-order valence-corrected chi connectivity index (χ1v) is 6.66. The second-order valence-electron chi connectivity index (χ2n) is 3.27. The summed E-state index contributed by atoms with van der Waals surface area (Å²) in [6.45, 7) is 1.50. The molecule has 1 aliphatic rings. The van der Waals surface area contributed by atoms with Gasteiger partial charge in [0, 0.05) is 26.2 Å². The molecule has 1 saturated heterocycles. The summed E-state index contributed by atoms with van der Waals surface area (Å²) in [6.07, 6.45) is 0. The van der Waals surface area contributed by atoms with Crippen molar-refractivity contribution in [2.75, 3.05) is 20.1 Å². The van der Waals surface area contributed by atoms with Crippen LogP contribution in [-0.2, 0) is 10.0 Å². The van der Waals surface area contributed by atoms with Gasteiger partial charge in [-0.2, -0.15) is 4.31 Å². The van der Waals surface area contributed by atoms with Crippen LogP contribution in [0, 0.1) is 0 Å². The monoisotopic (exact) mass is 268 g/mol. The van der Waals surface area contributed by atoms with Gasteiger partial charge in [0.05, 0.1) is 0 Å². The Labute approximate surface area is 99.7 Å². The van der Waals surface area contributed by atoms with E-state index in [2.05, 4.69) is 5.32 Å². The number of rotatable bonds is 3. The number of thiophene rings is 1. The normalized spacial score (nSPS) is 17.2. The van der Waals surface area contributed by atoms with E-state index in [1.165, 1.54) is 15.6 Å². The van der Waals surface area contributed by atoms with Gasteiger partial charge in [0.15, 0.2) is 0 Å². The number of likely N-dealkylation sites (N-methyl/N-ethyl adjacent to an activating group) is 1. The summed E-state index contributed by atoms with van der Waals surface area (Å²) in [7, 11) is -1.60. The molecule has 0 amide bonds. The molecule has 7 heteroatoms. The molecule has 1 aromatic rings. The van der Waals surface area contributed by atoms with E-state index >= 15 is 0 Å². The number of halogens is 1. The number of sulfonamides is 1. The Balaban J connectivity index is 0.00000112. The van der Waals surface area contributed by atoms with Crippen LogP contribution in [0.5, 0.6) is 0 Å². The Kier molecular flexibility index (Phi) is 4.13. The summed E-state index contributed by atoms with van der Waals surface area (Å²) in [4.78, 5) is 0. The molecule has 1 aromatic heterocycles. The Morgan fingerprint density at radius 2 is 2.20 bits per heavy atom. The number of hydrogen-bond acceptors (Lipinski definition) is 4. The van der Waals surface area contributed by atoms with E-state index in [0.29, 0.717) is 4.21 Å². The number of nitrogens with zero attached hydrogens (tertiary/aromatic N) is 1. The van der Waals surface area contributed by atoms with E-state index in [-0.39, 0.29) is 18.4 Å². The highest BCUT2D eigenvalue weighted by molar-refractivity contribution is 7.91. The van der Waals surface area contributed by atoms with Crippen LogP contribution >= 0.6 is 23.7 Å². The fourth-order valence-corrected chi connectivity index (χ4v) is 3.81. The molecule has 0 spiro atoms. The van der Waals surface area contributed by atoms with Crippen molar-refractivity contribution >= 4 is 33.8 Å². The summed E-state index contributed by atoms with van der Waals surface area (Å²) >= 11 is 1.26. The van der Waals surface area contributed by atoms with Gasteiger partial charge in [-0.3, -0.25) is 0 Å². The number of hydrogen-bond donors (Lipinski definition) is 1. The van der Waals surface area contributed by atoms with E-state index in [1.807, 2.05) is 0 Å². The molecule has 2 heterocycles. The van der Waals surface area contributed by atoms with Crippen molar-refractivity contribution < 1.29 is 8.42 Å². The lowest BCUT2D eigenvalue weighted by Gasteiger charge is -2.34. The molecule has 0 radical (unpaired) electrons. The van der Waals surface area contributed by atoms with Crippen molar-refractivity contribution in [3.63, 3.8) is 0 Å². The minimum Gasteiger partial charge on any atom is -0.313 e. The highest BCUT2D eigenvalue weighted by Crippen LogP contribution is 2.22. The molecule has 0 aromatic carbocycles. The van der Waals surface area contributed by atoms with Crippen molar-refractivity contribution in [2.45, 2.75) is 10.3 Å². The largest absolute Gasteiger partial charge is 0.313 e. The van der Waals surface area contributed by atoms with Gasteiger partial charge in [0.25, 0.3) is 10.0 Å². The van der Waals surface area contributed by atoms with E-state index < -0.39 is 10.0 Å². The SMILES string of the molecule is CN(C1CNC1)S(=O)(=O)c1cccs1.Cl. The summed E-state index contributed by atoms with van der Waals surface area (Å²) in [6, 6.07) is 3.51. The first-order valence-electron chi connectivity index (χ1n) is 4.34. The minimum atomic E-state index is -3.24. The third-order valence-corrected chi connectivity index (χ3v) is 5.69. The van der Waals surface area contributed by atoms with Crippen molar-refractivity contribution in [3.8, 4) is 0 Å². The van der Waals surface area contributed by atoms with Gasteiger partial charge in [-0.25, -0.2) is 8.42 Å². The molecule has 0 unspecified atom stereocenters. The van der Waals surface area contributed by atoms with Crippen LogP contribution in [0.3, 0.4) is 0 Å². The molecule has 0 atom stereocenters. The van der Waals surface area contributed by atoms with Gasteiger partial charge in [-0.05, 0) is 11.4 Å². The first kappa shape index (κ1) is 12.9. The topological polar surface area (TPSA) is 49.4 Å². The highest BCUT2D eigenvalue weighted by atomic mass is 35.5. The molecule has 86 valence electrons. The summed E-state index contributed by atoms with van der Waals surface area (Å²) < 4.78 is 25.7. The van der Waals surface area contributed by atoms with Gasteiger partial charge >= 0.3 is 0 Å². The molecule has 1 aliphatic heterocycles. The minimum absolute atomic E-state index is 0. The zero-order valence-electron chi connectivity index (χ0n) is 8.21. The summed E-state index contributed by atoms with van der Waals surface area (Å²) in [5.41, 5.74) is 0. The molecule has 1 N–H and O–H groups in total. The Morgan fingerprint density at radius 3 is 2.60 bits per heavy atom. The maximum atomic E-state index is 11.9. The summed E-state index contributed by atoms with van der Waals surface area (Å²) in [5, 5.41) is 4.83. The van der Waals surface area contributed by atoms with E-state index in [0.717, 1.165) is 13.1 Å². The molecule has 2 rings (SSSR count). The molecular formula is C8H13ClN2O2S2. The quantitative estimate of drug-likeness (QED) is 0.881. The predicted octanol–water partition coefficient (Wildman–Crippen LogP) is 0.762. The van der Waals surface area contributed by atoms with Crippen LogP contribution in [0.15, 0.2) is 21.7 Å². The smallest absolute Gasteiger partial charge is 0.252 e. The van der Waals surface area contributed by atoms with Gasteiger partial charge in [0.2, 0.25) is 0 Å². The van der Waals surface area contributed by atoms with Crippen molar-refractivity contribution in [1.82, 2.24) is 9.62 Å². The molecular weight excluding hydrogens is 256 g/mol. The molecule has 0 saturated carbocycles. The standard InChI is InChI=1S/C8H12N2O2S2.ClH/c1-10(7-5-9-6-7)14(11,12)8-3-2-4-13-8;/h2-4,7,9H,5-6H2,1H3;1H. The third-order valence-electron chi connectivity index (χ3n) is 2.40. The molecule has 4 nitrogen and oxygen atoms in total. The number of nitrogens with one attached hydrogen (secondary N) is 1. The van der Waals surface area contributed by atoms with E-state index in [4.69, 9.17) is 0 Å².